The third-order valence-corrected chi connectivity index (χ3v) is 3.03. The van der Waals surface area contributed by atoms with Crippen molar-refractivity contribution in [2.24, 2.45) is 0 Å². The minimum absolute atomic E-state index is 0.972. The van der Waals surface area contributed by atoms with E-state index >= 15 is 0 Å². The Morgan fingerprint density at radius 2 is 2.00 bits per heavy atom. The molecule has 0 atom stereocenters. The molecule has 0 spiro atoms. The lowest BCUT2D eigenvalue weighted by Crippen LogP contribution is -1.82. The van der Waals surface area contributed by atoms with Crippen LogP contribution in [-0.2, 0) is 6.42 Å². The van der Waals surface area contributed by atoms with Crippen molar-refractivity contribution in [3.05, 3.63) is 64.7 Å². The first-order chi connectivity index (χ1) is 6.76. The van der Waals surface area contributed by atoms with Crippen LogP contribution >= 0.6 is 15.9 Å². The summed E-state index contributed by atoms with van der Waals surface area (Å²) < 4.78 is 1.13. The molecule has 0 amide bonds. The molecule has 1 heteroatoms. The average molecular weight is 247 g/mol. The smallest absolute Gasteiger partial charge is 0.0178 e. The van der Waals surface area contributed by atoms with Gasteiger partial charge in [-0.05, 0) is 40.8 Å². The van der Waals surface area contributed by atoms with Crippen LogP contribution in [0.1, 0.15) is 11.1 Å². The van der Waals surface area contributed by atoms with Crippen molar-refractivity contribution in [3.8, 4) is 0 Å². The van der Waals surface area contributed by atoms with Crippen LogP contribution in [0, 0.1) is 0 Å². The molecule has 0 aromatic heterocycles. The lowest BCUT2D eigenvalue weighted by atomic mass is 10.1. The highest BCUT2D eigenvalue weighted by Crippen LogP contribution is 2.35. The van der Waals surface area contributed by atoms with Gasteiger partial charge in [0.2, 0.25) is 0 Å². The molecule has 0 unspecified atom stereocenters. The lowest BCUT2D eigenvalue weighted by Gasteiger charge is -2.00. The highest BCUT2D eigenvalue weighted by atomic mass is 79.9. The van der Waals surface area contributed by atoms with Gasteiger partial charge < -0.3 is 0 Å². The Morgan fingerprint density at radius 3 is 2.64 bits per heavy atom. The summed E-state index contributed by atoms with van der Waals surface area (Å²) in [5.41, 5.74) is 5.14. The van der Waals surface area contributed by atoms with Crippen LogP contribution in [0.15, 0.2) is 53.6 Å². The van der Waals surface area contributed by atoms with Gasteiger partial charge in [0.25, 0.3) is 0 Å². The maximum absolute atomic E-state index is 3.84. The van der Waals surface area contributed by atoms with Crippen molar-refractivity contribution >= 4 is 21.5 Å². The zero-order chi connectivity index (χ0) is 10.1. The van der Waals surface area contributed by atoms with Crippen LogP contribution in [0.25, 0.3) is 5.57 Å². The lowest BCUT2D eigenvalue weighted by molar-refractivity contribution is 1.24. The number of rotatable bonds is 2. The molecule has 2 rings (SSSR count). The number of halogens is 1. The standard InChI is InChI=1S/C13H11Br/c1-3-9-7-10-8-11(14)5-6-13(10)12(9)4-2/h3-6,8H,1-2,7H2. The summed E-state index contributed by atoms with van der Waals surface area (Å²) in [4.78, 5) is 0. The Hall–Kier alpha value is -1.08. The van der Waals surface area contributed by atoms with E-state index in [1.807, 2.05) is 12.2 Å². The van der Waals surface area contributed by atoms with E-state index in [4.69, 9.17) is 0 Å². The van der Waals surface area contributed by atoms with Crippen LogP contribution in [-0.4, -0.2) is 0 Å². The largest absolute Gasteiger partial charge is 0.0988 e. The van der Waals surface area contributed by atoms with Gasteiger partial charge in [-0.15, -0.1) is 0 Å². The number of fused-ring (bicyclic) bond motifs is 1. The van der Waals surface area contributed by atoms with Gasteiger partial charge in [0.1, 0.15) is 0 Å². The number of benzene rings is 1. The summed E-state index contributed by atoms with van der Waals surface area (Å²) in [7, 11) is 0. The molecule has 0 nitrogen and oxygen atoms in total. The van der Waals surface area contributed by atoms with Crippen molar-refractivity contribution in [1.29, 1.82) is 0 Å². The maximum atomic E-state index is 3.84. The van der Waals surface area contributed by atoms with Crippen LogP contribution < -0.4 is 0 Å². The van der Waals surface area contributed by atoms with E-state index in [1.165, 1.54) is 22.3 Å². The van der Waals surface area contributed by atoms with Crippen molar-refractivity contribution in [3.63, 3.8) is 0 Å². The van der Waals surface area contributed by atoms with Crippen molar-refractivity contribution in [1.82, 2.24) is 0 Å². The highest BCUT2D eigenvalue weighted by molar-refractivity contribution is 9.10. The molecule has 0 heterocycles. The molecule has 1 aliphatic carbocycles. The summed E-state index contributed by atoms with van der Waals surface area (Å²) in [5.74, 6) is 0. The van der Waals surface area contributed by atoms with E-state index in [0.717, 1.165) is 10.9 Å². The molecule has 1 aliphatic rings. The third kappa shape index (κ3) is 1.38. The van der Waals surface area contributed by atoms with Crippen molar-refractivity contribution in [2.45, 2.75) is 6.42 Å². The van der Waals surface area contributed by atoms with Crippen LogP contribution in [0.4, 0.5) is 0 Å². The molecule has 1 aromatic carbocycles. The Morgan fingerprint density at radius 1 is 1.21 bits per heavy atom. The Labute approximate surface area is 92.8 Å². The second kappa shape index (κ2) is 3.58. The van der Waals surface area contributed by atoms with E-state index in [1.54, 1.807) is 0 Å². The molecule has 70 valence electrons. The number of hydrogen-bond acceptors (Lipinski definition) is 0. The number of allylic oxidation sites excluding steroid dienone is 4. The van der Waals surface area contributed by atoms with Gasteiger partial charge in [0.05, 0.1) is 0 Å². The molecule has 1 aromatic rings. The normalized spacial score (nSPS) is 14.1. The van der Waals surface area contributed by atoms with Gasteiger partial charge in [-0.25, -0.2) is 0 Å². The van der Waals surface area contributed by atoms with E-state index in [0.29, 0.717) is 0 Å². The fourth-order valence-electron chi connectivity index (χ4n) is 1.87. The molecule has 0 N–H and O–H groups in total. The van der Waals surface area contributed by atoms with Gasteiger partial charge in [-0.2, -0.15) is 0 Å². The Bertz CT molecular complexity index is 439. The van der Waals surface area contributed by atoms with E-state index in [2.05, 4.69) is 47.3 Å². The fraction of sp³-hybridized carbons (Fsp3) is 0.0769. The minimum Gasteiger partial charge on any atom is -0.0988 e. The first-order valence-corrected chi connectivity index (χ1v) is 5.32. The van der Waals surface area contributed by atoms with Gasteiger partial charge in [0, 0.05) is 4.47 Å². The van der Waals surface area contributed by atoms with E-state index in [9.17, 15) is 0 Å². The molecule has 0 saturated heterocycles. The molecular formula is C13H11Br. The SMILES string of the molecule is C=CC1=C(C=C)c2ccc(Br)cc2C1. The summed E-state index contributed by atoms with van der Waals surface area (Å²) >= 11 is 3.48. The zero-order valence-corrected chi connectivity index (χ0v) is 9.47. The first kappa shape index (κ1) is 9.47. The van der Waals surface area contributed by atoms with Crippen molar-refractivity contribution in [2.75, 3.05) is 0 Å². The van der Waals surface area contributed by atoms with Crippen LogP contribution in [0.2, 0.25) is 0 Å². The molecule has 0 saturated carbocycles. The van der Waals surface area contributed by atoms with Gasteiger partial charge >= 0.3 is 0 Å². The third-order valence-electron chi connectivity index (χ3n) is 2.53. The second-order valence-electron chi connectivity index (χ2n) is 3.33. The molecule has 0 fully saturated rings. The molecule has 0 bridgehead atoms. The molecule has 0 aliphatic heterocycles. The summed E-state index contributed by atoms with van der Waals surface area (Å²) in [5, 5.41) is 0. The Balaban J connectivity index is 2.59. The van der Waals surface area contributed by atoms with Crippen molar-refractivity contribution < 1.29 is 0 Å². The monoisotopic (exact) mass is 246 g/mol. The predicted molar refractivity (Wildman–Crippen MR) is 65.2 cm³/mol. The second-order valence-corrected chi connectivity index (χ2v) is 4.24. The average Bonchev–Trinajstić information content (AvgIpc) is 2.54. The van der Waals surface area contributed by atoms with Gasteiger partial charge in [0.15, 0.2) is 0 Å². The van der Waals surface area contributed by atoms with E-state index < -0.39 is 0 Å². The highest BCUT2D eigenvalue weighted by Gasteiger charge is 2.17. The maximum Gasteiger partial charge on any atom is 0.0178 e. The van der Waals surface area contributed by atoms with Crippen LogP contribution in [0.3, 0.4) is 0 Å². The number of hydrogen-bond donors (Lipinski definition) is 0. The zero-order valence-electron chi connectivity index (χ0n) is 7.89. The van der Waals surface area contributed by atoms with Gasteiger partial charge in [-0.1, -0.05) is 47.3 Å². The molecular weight excluding hydrogens is 236 g/mol. The topological polar surface area (TPSA) is 0 Å². The van der Waals surface area contributed by atoms with E-state index in [-0.39, 0.29) is 0 Å². The first-order valence-electron chi connectivity index (χ1n) is 4.53. The minimum atomic E-state index is 0.972. The summed E-state index contributed by atoms with van der Waals surface area (Å²) in [6.07, 6.45) is 4.81. The molecule has 14 heavy (non-hydrogen) atoms. The fourth-order valence-corrected chi connectivity index (χ4v) is 2.28. The summed E-state index contributed by atoms with van der Waals surface area (Å²) in [6.45, 7) is 7.67. The van der Waals surface area contributed by atoms with Crippen LogP contribution in [0.5, 0.6) is 0 Å². The predicted octanol–water partition coefficient (Wildman–Crippen LogP) is 4.13. The summed E-state index contributed by atoms with van der Waals surface area (Å²) in [6, 6.07) is 6.36. The quantitative estimate of drug-likeness (QED) is 0.737. The van der Waals surface area contributed by atoms with Gasteiger partial charge in [-0.3, -0.25) is 0 Å². The molecule has 0 radical (unpaired) electrons. The Kier molecular flexibility index (Phi) is 2.42.